The van der Waals surface area contributed by atoms with Crippen molar-refractivity contribution in [3.05, 3.63) is 65.7 Å². The highest BCUT2D eigenvalue weighted by Gasteiger charge is 2.13. The van der Waals surface area contributed by atoms with Crippen molar-refractivity contribution in [2.45, 2.75) is 6.10 Å². The van der Waals surface area contributed by atoms with Crippen LogP contribution in [0.25, 0.3) is 0 Å². The van der Waals surface area contributed by atoms with Gasteiger partial charge in [0.25, 0.3) is 0 Å². The molecule has 0 spiro atoms. The van der Waals surface area contributed by atoms with Gasteiger partial charge >= 0.3 is 0 Å². The second-order valence-electron chi connectivity index (χ2n) is 3.56. The fourth-order valence-corrected chi connectivity index (χ4v) is 1.71. The molecule has 82 valence electrons. The fraction of sp³-hybridized carbons (Fsp3) is 0.143. The zero-order valence-electron chi connectivity index (χ0n) is 9.13. The van der Waals surface area contributed by atoms with E-state index in [4.69, 9.17) is 4.74 Å². The van der Waals surface area contributed by atoms with E-state index < -0.39 is 6.10 Å². The number of methoxy groups -OCH3 is 1. The van der Waals surface area contributed by atoms with Crippen LogP contribution < -0.4 is 4.74 Å². The number of hydrogen-bond donors (Lipinski definition) is 1. The predicted octanol–water partition coefficient (Wildman–Crippen LogP) is 2.78. The van der Waals surface area contributed by atoms with Crippen molar-refractivity contribution < 1.29 is 9.84 Å². The highest BCUT2D eigenvalue weighted by Crippen LogP contribution is 2.29. The number of hydrogen-bond acceptors (Lipinski definition) is 2. The summed E-state index contributed by atoms with van der Waals surface area (Å²) >= 11 is 0. The molecule has 0 aliphatic rings. The molecule has 0 amide bonds. The van der Waals surface area contributed by atoms with Crippen molar-refractivity contribution in [1.29, 1.82) is 0 Å². The zero-order chi connectivity index (χ0) is 11.4. The molecule has 0 aromatic heterocycles. The lowest BCUT2D eigenvalue weighted by Gasteiger charge is -2.14. The molecule has 1 atom stereocenters. The number of ether oxygens (including phenoxy) is 1. The van der Waals surface area contributed by atoms with Gasteiger partial charge in [-0.15, -0.1) is 0 Å². The molecule has 2 rings (SSSR count). The van der Waals surface area contributed by atoms with Gasteiger partial charge in [-0.3, -0.25) is 0 Å². The lowest BCUT2D eigenvalue weighted by atomic mass is 10.0. The minimum Gasteiger partial charge on any atom is -0.496 e. The molecule has 1 N–H and O–H groups in total. The van der Waals surface area contributed by atoms with E-state index in [1.165, 1.54) is 0 Å². The largest absolute Gasteiger partial charge is 0.496 e. The number of para-hydroxylation sites is 1. The van der Waals surface area contributed by atoms with E-state index in [-0.39, 0.29) is 0 Å². The molecule has 2 nitrogen and oxygen atoms in total. The fourth-order valence-electron chi connectivity index (χ4n) is 1.71. The summed E-state index contributed by atoms with van der Waals surface area (Å²) < 4.78 is 5.23. The van der Waals surface area contributed by atoms with Crippen molar-refractivity contribution in [2.24, 2.45) is 0 Å². The smallest absolute Gasteiger partial charge is 0.125 e. The van der Waals surface area contributed by atoms with E-state index in [1.807, 2.05) is 54.6 Å². The van der Waals surface area contributed by atoms with E-state index in [2.05, 4.69) is 0 Å². The third-order valence-electron chi connectivity index (χ3n) is 2.55. The summed E-state index contributed by atoms with van der Waals surface area (Å²) in [5.74, 6) is 0.707. The third kappa shape index (κ3) is 2.07. The monoisotopic (exact) mass is 214 g/mol. The van der Waals surface area contributed by atoms with Crippen molar-refractivity contribution in [1.82, 2.24) is 0 Å². The molecule has 0 bridgehead atoms. The summed E-state index contributed by atoms with van der Waals surface area (Å²) in [6.45, 7) is 0. The Hall–Kier alpha value is -1.80. The second kappa shape index (κ2) is 4.81. The van der Waals surface area contributed by atoms with Gasteiger partial charge in [0.15, 0.2) is 0 Å². The van der Waals surface area contributed by atoms with Crippen molar-refractivity contribution in [3.63, 3.8) is 0 Å². The van der Waals surface area contributed by atoms with Gasteiger partial charge in [-0.1, -0.05) is 48.5 Å². The predicted molar refractivity (Wildman–Crippen MR) is 63.5 cm³/mol. The minimum atomic E-state index is -0.641. The molecule has 0 fully saturated rings. The quantitative estimate of drug-likeness (QED) is 0.851. The lowest BCUT2D eigenvalue weighted by Crippen LogP contribution is -2.01. The highest BCUT2D eigenvalue weighted by atomic mass is 16.5. The van der Waals surface area contributed by atoms with Gasteiger partial charge in [-0.25, -0.2) is 0 Å². The molecule has 1 unspecified atom stereocenters. The molecule has 0 aliphatic heterocycles. The molecule has 16 heavy (non-hydrogen) atoms. The number of aliphatic hydroxyl groups is 1. The van der Waals surface area contributed by atoms with Crippen LogP contribution in [0.2, 0.25) is 0 Å². The molecule has 0 aliphatic carbocycles. The summed E-state index contributed by atoms with van der Waals surface area (Å²) in [4.78, 5) is 0. The molecular formula is C14H14O2. The second-order valence-corrected chi connectivity index (χ2v) is 3.56. The van der Waals surface area contributed by atoms with Gasteiger partial charge in [-0.05, 0) is 11.6 Å². The lowest BCUT2D eigenvalue weighted by molar-refractivity contribution is 0.214. The van der Waals surface area contributed by atoms with Crippen LogP contribution in [-0.4, -0.2) is 12.2 Å². The maximum Gasteiger partial charge on any atom is 0.125 e. The van der Waals surface area contributed by atoms with Crippen LogP contribution in [0.5, 0.6) is 5.75 Å². The molecule has 0 radical (unpaired) electrons. The van der Waals surface area contributed by atoms with E-state index >= 15 is 0 Å². The number of rotatable bonds is 3. The van der Waals surface area contributed by atoms with Crippen LogP contribution in [0.4, 0.5) is 0 Å². The Kier molecular flexibility index (Phi) is 3.22. The van der Waals surface area contributed by atoms with Gasteiger partial charge in [0.1, 0.15) is 11.9 Å². The standard InChI is InChI=1S/C14H14O2/c1-16-13-10-6-5-9-12(13)14(15)11-7-3-2-4-8-11/h2-10,14-15H,1H3. The van der Waals surface area contributed by atoms with Crippen LogP contribution >= 0.6 is 0 Å². The van der Waals surface area contributed by atoms with E-state index in [1.54, 1.807) is 7.11 Å². The molecule has 2 heteroatoms. The summed E-state index contributed by atoms with van der Waals surface area (Å²) in [6.07, 6.45) is -0.641. The summed E-state index contributed by atoms with van der Waals surface area (Å²) in [5.41, 5.74) is 1.66. The molecule has 2 aromatic rings. The molecule has 0 saturated heterocycles. The van der Waals surface area contributed by atoms with Gasteiger partial charge < -0.3 is 9.84 Å². The number of aliphatic hydroxyl groups excluding tert-OH is 1. The Morgan fingerprint density at radius 3 is 2.25 bits per heavy atom. The van der Waals surface area contributed by atoms with Crippen molar-refractivity contribution in [3.8, 4) is 5.75 Å². The summed E-state index contributed by atoms with van der Waals surface area (Å²) in [7, 11) is 1.61. The van der Waals surface area contributed by atoms with E-state index in [0.717, 1.165) is 11.1 Å². The van der Waals surface area contributed by atoms with Crippen LogP contribution in [0.3, 0.4) is 0 Å². The van der Waals surface area contributed by atoms with Crippen LogP contribution in [0.15, 0.2) is 54.6 Å². The minimum absolute atomic E-state index is 0.641. The maximum absolute atomic E-state index is 10.2. The summed E-state index contributed by atoms with van der Waals surface area (Å²) in [5, 5.41) is 10.2. The first-order valence-electron chi connectivity index (χ1n) is 5.19. The van der Waals surface area contributed by atoms with Crippen molar-refractivity contribution in [2.75, 3.05) is 7.11 Å². The molecule has 2 aromatic carbocycles. The first kappa shape index (κ1) is 10.7. The Bertz CT molecular complexity index is 451. The Labute approximate surface area is 95.1 Å². The topological polar surface area (TPSA) is 29.5 Å². The van der Waals surface area contributed by atoms with Gasteiger partial charge in [-0.2, -0.15) is 0 Å². The average Bonchev–Trinajstić information content (AvgIpc) is 2.39. The Morgan fingerprint density at radius 1 is 0.938 bits per heavy atom. The highest BCUT2D eigenvalue weighted by molar-refractivity contribution is 5.39. The van der Waals surface area contributed by atoms with Crippen molar-refractivity contribution >= 4 is 0 Å². The molecule has 0 heterocycles. The zero-order valence-corrected chi connectivity index (χ0v) is 9.13. The van der Waals surface area contributed by atoms with Gasteiger partial charge in [0.05, 0.1) is 7.11 Å². The van der Waals surface area contributed by atoms with Crippen LogP contribution in [0, 0.1) is 0 Å². The van der Waals surface area contributed by atoms with E-state index in [0.29, 0.717) is 5.75 Å². The van der Waals surface area contributed by atoms with E-state index in [9.17, 15) is 5.11 Å². The molecular weight excluding hydrogens is 200 g/mol. The SMILES string of the molecule is COc1ccccc1C(O)c1ccccc1. The Balaban J connectivity index is 2.37. The average molecular weight is 214 g/mol. The van der Waals surface area contributed by atoms with Gasteiger partial charge in [0, 0.05) is 5.56 Å². The number of benzene rings is 2. The Morgan fingerprint density at radius 2 is 1.56 bits per heavy atom. The summed E-state index contributed by atoms with van der Waals surface area (Å²) in [6, 6.07) is 17.1. The van der Waals surface area contributed by atoms with Crippen LogP contribution in [-0.2, 0) is 0 Å². The first-order valence-corrected chi connectivity index (χ1v) is 5.19. The first-order chi connectivity index (χ1) is 7.83. The third-order valence-corrected chi connectivity index (χ3v) is 2.55. The molecule has 0 saturated carbocycles. The van der Waals surface area contributed by atoms with Crippen LogP contribution in [0.1, 0.15) is 17.2 Å². The van der Waals surface area contributed by atoms with Gasteiger partial charge in [0.2, 0.25) is 0 Å². The maximum atomic E-state index is 10.2. The normalized spacial score (nSPS) is 12.1.